The predicted octanol–water partition coefficient (Wildman–Crippen LogP) is 8.71. The van der Waals surface area contributed by atoms with Gasteiger partial charge in [0.05, 0.1) is 5.56 Å². The van der Waals surface area contributed by atoms with Crippen LogP contribution in [0.15, 0.2) is 84.9 Å². The summed E-state index contributed by atoms with van der Waals surface area (Å²) in [6, 6.07) is 25.5. The molecule has 1 saturated heterocycles. The fourth-order valence-corrected chi connectivity index (χ4v) is 7.27. The van der Waals surface area contributed by atoms with Crippen molar-refractivity contribution in [2.45, 2.75) is 46.0 Å². The zero-order valence-corrected chi connectivity index (χ0v) is 27.2. The summed E-state index contributed by atoms with van der Waals surface area (Å²) < 4.78 is 12.6. The predicted molar refractivity (Wildman–Crippen MR) is 185 cm³/mol. The highest BCUT2D eigenvalue weighted by Crippen LogP contribution is 2.41. The van der Waals surface area contributed by atoms with Crippen molar-refractivity contribution in [2.75, 3.05) is 26.2 Å². The number of hydrogen-bond acceptors (Lipinski definition) is 7. The fraction of sp³-hybridized carbons (Fsp3) is 0.282. The molecule has 0 spiro atoms. The number of ketones is 1. The van der Waals surface area contributed by atoms with Crippen LogP contribution in [0.25, 0.3) is 20.5 Å². The Morgan fingerprint density at radius 1 is 0.826 bits per heavy atom. The number of likely N-dealkylation sites (tertiary alicyclic amines) is 1. The van der Waals surface area contributed by atoms with Crippen molar-refractivity contribution in [2.24, 2.45) is 0 Å². The first-order valence-electron chi connectivity index (χ1n) is 16.1. The molecular weight excluding hydrogens is 594 g/mol. The van der Waals surface area contributed by atoms with Crippen molar-refractivity contribution in [1.82, 2.24) is 4.90 Å². The number of aromatic hydroxyl groups is 1. The Kier molecular flexibility index (Phi) is 9.81. The Hall–Kier alpha value is -4.46. The van der Waals surface area contributed by atoms with Crippen LogP contribution in [-0.4, -0.2) is 48.0 Å². The summed E-state index contributed by atoms with van der Waals surface area (Å²) in [5.74, 6) is 0.819. The number of fused-ring (bicyclic) bond motifs is 1. The number of nitrogens with zero attached hydrogens (tertiary/aromatic N) is 1. The molecule has 2 heterocycles. The summed E-state index contributed by atoms with van der Waals surface area (Å²) in [7, 11) is 0. The number of phenols is 1. The van der Waals surface area contributed by atoms with E-state index in [1.165, 1.54) is 36.2 Å². The van der Waals surface area contributed by atoms with Gasteiger partial charge >= 0.3 is 5.97 Å². The van der Waals surface area contributed by atoms with Gasteiger partial charge in [0.1, 0.15) is 23.9 Å². The van der Waals surface area contributed by atoms with Crippen molar-refractivity contribution in [3.8, 4) is 27.7 Å². The van der Waals surface area contributed by atoms with Crippen LogP contribution in [0.5, 0.6) is 17.2 Å². The third-order valence-corrected chi connectivity index (χ3v) is 9.85. The molecule has 5 aromatic rings. The van der Waals surface area contributed by atoms with Crippen LogP contribution >= 0.6 is 11.3 Å². The summed E-state index contributed by atoms with van der Waals surface area (Å²) in [6.07, 6.45) is 5.46. The quantitative estimate of drug-likeness (QED) is 0.0891. The Bertz CT molecular complexity index is 1840. The molecule has 1 fully saturated rings. The molecule has 236 valence electrons. The van der Waals surface area contributed by atoms with Crippen molar-refractivity contribution in [3.63, 3.8) is 0 Å². The van der Waals surface area contributed by atoms with Crippen LogP contribution in [0.2, 0.25) is 0 Å². The molecule has 0 bridgehead atoms. The third kappa shape index (κ3) is 7.01. The monoisotopic (exact) mass is 633 g/mol. The van der Waals surface area contributed by atoms with Crippen LogP contribution in [0.3, 0.4) is 0 Å². The van der Waals surface area contributed by atoms with Gasteiger partial charge in [-0.25, -0.2) is 4.79 Å². The fourth-order valence-electron chi connectivity index (χ4n) is 6.03. The molecule has 0 amide bonds. The Morgan fingerprint density at radius 2 is 1.57 bits per heavy atom. The molecule has 0 aliphatic carbocycles. The maximum atomic E-state index is 14.0. The minimum atomic E-state index is -0.389. The Labute approximate surface area is 274 Å². The van der Waals surface area contributed by atoms with Gasteiger partial charge in [0, 0.05) is 32.6 Å². The lowest BCUT2D eigenvalue weighted by molar-refractivity contribution is 0.0733. The number of phenolic OH excluding ortho intramolecular Hbond substituents is 1. The van der Waals surface area contributed by atoms with Crippen molar-refractivity contribution >= 4 is 33.2 Å². The molecule has 1 N–H and O–H groups in total. The summed E-state index contributed by atoms with van der Waals surface area (Å²) in [4.78, 5) is 30.3. The first kappa shape index (κ1) is 31.5. The number of esters is 1. The SMILES string of the molecule is CCc1ccc(C(=O)Oc2ccc(-c3sc4cc(O)ccc4c3C(=O)c3ccc(OCCN4CCCCC4)cc3)cc2)c(CC)c1. The van der Waals surface area contributed by atoms with Crippen LogP contribution in [0.4, 0.5) is 0 Å². The first-order chi connectivity index (χ1) is 22.4. The van der Waals surface area contributed by atoms with Gasteiger partial charge in [0.15, 0.2) is 5.78 Å². The average Bonchev–Trinajstić information content (AvgIpc) is 3.47. The Balaban J connectivity index is 1.22. The molecule has 46 heavy (non-hydrogen) atoms. The standard InChI is InChI=1S/C39H39NO5S/c1-3-26-8-18-33(27(4-2)24-26)39(43)45-32-16-11-29(12-17-32)38-36(34-19-13-30(41)25-35(34)46-38)37(42)28-9-14-31(15-10-28)44-23-22-40-20-6-5-7-21-40/h8-19,24-25,41H,3-7,20-23H2,1-2H3. The van der Waals surface area contributed by atoms with Crippen LogP contribution in [0.1, 0.15) is 70.5 Å². The molecule has 1 aliphatic rings. The molecule has 1 aromatic heterocycles. The summed E-state index contributed by atoms with van der Waals surface area (Å²) in [5, 5.41) is 11.0. The highest BCUT2D eigenvalue weighted by molar-refractivity contribution is 7.22. The second-order valence-corrected chi connectivity index (χ2v) is 12.8. The number of hydrogen-bond donors (Lipinski definition) is 1. The summed E-state index contributed by atoms with van der Waals surface area (Å²) >= 11 is 1.45. The number of ether oxygens (including phenoxy) is 2. The van der Waals surface area contributed by atoms with Crippen molar-refractivity contribution < 1.29 is 24.2 Å². The number of thiophene rings is 1. The molecule has 0 unspecified atom stereocenters. The van der Waals surface area contributed by atoms with E-state index in [1.54, 1.807) is 30.3 Å². The maximum Gasteiger partial charge on any atom is 0.343 e. The summed E-state index contributed by atoms with van der Waals surface area (Å²) in [6.45, 7) is 7.91. The highest BCUT2D eigenvalue weighted by atomic mass is 32.1. The molecule has 0 atom stereocenters. The largest absolute Gasteiger partial charge is 0.508 e. The number of rotatable bonds is 11. The van der Waals surface area contributed by atoms with E-state index in [-0.39, 0.29) is 17.5 Å². The van der Waals surface area contributed by atoms with Crippen LogP contribution in [0, 0.1) is 0 Å². The second kappa shape index (κ2) is 14.3. The second-order valence-electron chi connectivity index (χ2n) is 11.7. The van der Waals surface area contributed by atoms with E-state index < -0.39 is 0 Å². The van der Waals surface area contributed by atoms with Crippen LogP contribution in [-0.2, 0) is 12.8 Å². The molecular formula is C39H39NO5S. The van der Waals surface area contributed by atoms with E-state index in [4.69, 9.17) is 9.47 Å². The average molecular weight is 634 g/mol. The van der Waals surface area contributed by atoms with Crippen molar-refractivity contribution in [3.05, 3.63) is 113 Å². The first-order valence-corrected chi connectivity index (χ1v) is 16.9. The maximum absolute atomic E-state index is 14.0. The van der Waals surface area contributed by atoms with Gasteiger partial charge in [-0.2, -0.15) is 0 Å². The lowest BCUT2D eigenvalue weighted by Gasteiger charge is -2.26. The van der Waals surface area contributed by atoms with Gasteiger partial charge in [-0.1, -0.05) is 32.4 Å². The number of aryl methyl sites for hydroxylation is 2. The van der Waals surface area contributed by atoms with E-state index in [0.29, 0.717) is 29.0 Å². The van der Waals surface area contributed by atoms with E-state index >= 15 is 0 Å². The van der Waals surface area contributed by atoms with E-state index in [1.807, 2.05) is 55.5 Å². The Morgan fingerprint density at radius 3 is 2.28 bits per heavy atom. The number of piperidine rings is 1. The molecule has 7 heteroatoms. The van der Waals surface area contributed by atoms with Gasteiger partial charge in [-0.15, -0.1) is 11.3 Å². The van der Waals surface area contributed by atoms with Crippen LogP contribution < -0.4 is 9.47 Å². The lowest BCUT2D eigenvalue weighted by atomic mass is 9.97. The number of benzene rings is 4. The van der Waals surface area contributed by atoms with Gasteiger partial charge in [-0.05, 0) is 128 Å². The number of carbonyl (C=O) groups excluding carboxylic acids is 2. The lowest BCUT2D eigenvalue weighted by Crippen LogP contribution is -2.33. The van der Waals surface area contributed by atoms with Gasteiger partial charge < -0.3 is 14.6 Å². The minimum absolute atomic E-state index is 0.107. The van der Waals surface area contributed by atoms with Gasteiger partial charge in [0.25, 0.3) is 0 Å². The van der Waals surface area contributed by atoms with Gasteiger partial charge in [0.2, 0.25) is 0 Å². The third-order valence-electron chi connectivity index (χ3n) is 8.65. The topological polar surface area (TPSA) is 76.1 Å². The van der Waals surface area contributed by atoms with Gasteiger partial charge in [-0.3, -0.25) is 9.69 Å². The van der Waals surface area contributed by atoms with E-state index in [0.717, 1.165) is 64.3 Å². The normalized spacial score (nSPS) is 13.5. The minimum Gasteiger partial charge on any atom is -0.508 e. The summed E-state index contributed by atoms with van der Waals surface area (Å²) in [5.41, 5.74) is 4.68. The molecule has 4 aromatic carbocycles. The molecule has 0 radical (unpaired) electrons. The van der Waals surface area contributed by atoms with E-state index in [2.05, 4.69) is 17.9 Å². The molecule has 1 aliphatic heterocycles. The number of carbonyl (C=O) groups is 2. The highest BCUT2D eigenvalue weighted by Gasteiger charge is 2.22. The van der Waals surface area contributed by atoms with E-state index in [9.17, 15) is 14.7 Å². The van der Waals surface area contributed by atoms with Crippen molar-refractivity contribution in [1.29, 1.82) is 0 Å². The smallest absolute Gasteiger partial charge is 0.343 e. The molecule has 6 rings (SSSR count). The molecule has 6 nitrogen and oxygen atoms in total. The zero-order valence-electron chi connectivity index (χ0n) is 26.4. The zero-order chi connectivity index (χ0) is 32.0. The molecule has 0 saturated carbocycles.